The van der Waals surface area contributed by atoms with Crippen LogP contribution in [0.1, 0.15) is 5.56 Å². The summed E-state index contributed by atoms with van der Waals surface area (Å²) in [7, 11) is 0. The van der Waals surface area contributed by atoms with E-state index in [1.54, 1.807) is 4.90 Å². The molecule has 0 bridgehead atoms. The van der Waals surface area contributed by atoms with E-state index in [4.69, 9.17) is 18.0 Å². The molecule has 20 heavy (non-hydrogen) atoms. The fourth-order valence-corrected chi connectivity index (χ4v) is 2.39. The SMILES string of the molecule is NC(=S)CN1CCN(c2ncccc2C(F)(F)F)CC1. The Hall–Kier alpha value is -1.41. The van der Waals surface area contributed by atoms with Crippen LogP contribution in [-0.4, -0.2) is 47.6 Å². The van der Waals surface area contributed by atoms with Crippen molar-refractivity contribution in [3.05, 3.63) is 23.9 Å². The van der Waals surface area contributed by atoms with Gasteiger partial charge in [0.15, 0.2) is 0 Å². The lowest BCUT2D eigenvalue weighted by Gasteiger charge is -2.36. The summed E-state index contributed by atoms with van der Waals surface area (Å²) in [5.74, 6) is -0.00465. The van der Waals surface area contributed by atoms with Crippen molar-refractivity contribution < 1.29 is 13.2 Å². The predicted octanol–water partition coefficient (Wildman–Crippen LogP) is 1.51. The van der Waals surface area contributed by atoms with Gasteiger partial charge in [0.05, 0.1) is 10.6 Å². The van der Waals surface area contributed by atoms with E-state index in [0.29, 0.717) is 37.7 Å². The Bertz CT molecular complexity index is 484. The second kappa shape index (κ2) is 5.92. The molecule has 0 aromatic carbocycles. The van der Waals surface area contributed by atoms with E-state index in [-0.39, 0.29) is 5.82 Å². The second-order valence-corrected chi connectivity index (χ2v) is 5.13. The van der Waals surface area contributed by atoms with Gasteiger partial charge in [-0.25, -0.2) is 4.98 Å². The molecule has 1 aliphatic rings. The zero-order valence-corrected chi connectivity index (χ0v) is 11.5. The second-order valence-electron chi connectivity index (χ2n) is 4.60. The minimum atomic E-state index is -4.39. The number of pyridine rings is 1. The summed E-state index contributed by atoms with van der Waals surface area (Å²) in [4.78, 5) is 7.96. The molecule has 0 atom stereocenters. The van der Waals surface area contributed by atoms with Crippen LogP contribution in [0.5, 0.6) is 0 Å². The zero-order chi connectivity index (χ0) is 14.8. The maximum atomic E-state index is 12.9. The molecule has 2 heterocycles. The summed E-state index contributed by atoms with van der Waals surface area (Å²) in [6.07, 6.45) is -3.01. The molecule has 2 rings (SSSR count). The molecule has 1 saturated heterocycles. The highest BCUT2D eigenvalue weighted by Crippen LogP contribution is 2.35. The highest BCUT2D eigenvalue weighted by molar-refractivity contribution is 7.80. The first-order valence-electron chi connectivity index (χ1n) is 6.16. The molecule has 0 aliphatic carbocycles. The number of nitrogens with zero attached hydrogens (tertiary/aromatic N) is 3. The first kappa shape index (κ1) is 15.0. The van der Waals surface area contributed by atoms with Crippen molar-refractivity contribution in [2.75, 3.05) is 37.6 Å². The van der Waals surface area contributed by atoms with Gasteiger partial charge in [0.25, 0.3) is 0 Å². The van der Waals surface area contributed by atoms with Gasteiger partial charge < -0.3 is 10.6 Å². The topological polar surface area (TPSA) is 45.4 Å². The fraction of sp³-hybridized carbons (Fsp3) is 0.500. The van der Waals surface area contributed by atoms with E-state index < -0.39 is 11.7 Å². The Morgan fingerprint density at radius 1 is 1.30 bits per heavy atom. The van der Waals surface area contributed by atoms with Crippen LogP contribution < -0.4 is 10.6 Å². The number of halogens is 3. The van der Waals surface area contributed by atoms with Crippen LogP contribution in [0.25, 0.3) is 0 Å². The number of rotatable bonds is 3. The standard InChI is InChI=1S/C12H15F3N4S/c13-12(14,15)9-2-1-3-17-11(9)19-6-4-18(5-7-19)8-10(16)20/h1-3H,4-8H2,(H2,16,20). The molecule has 1 fully saturated rings. The van der Waals surface area contributed by atoms with Crippen LogP contribution in [-0.2, 0) is 6.18 Å². The number of thiocarbonyl (C=S) groups is 1. The lowest BCUT2D eigenvalue weighted by Crippen LogP contribution is -2.49. The van der Waals surface area contributed by atoms with Gasteiger partial charge in [-0.15, -0.1) is 0 Å². The minimum absolute atomic E-state index is 0.00465. The molecule has 8 heteroatoms. The van der Waals surface area contributed by atoms with E-state index in [1.807, 2.05) is 4.90 Å². The Morgan fingerprint density at radius 3 is 2.50 bits per heavy atom. The zero-order valence-electron chi connectivity index (χ0n) is 10.7. The maximum Gasteiger partial charge on any atom is 0.419 e. The quantitative estimate of drug-likeness (QED) is 0.858. The van der Waals surface area contributed by atoms with Crippen molar-refractivity contribution in [1.82, 2.24) is 9.88 Å². The Labute approximate surface area is 120 Å². The Morgan fingerprint density at radius 2 is 1.95 bits per heavy atom. The Balaban J connectivity index is 2.09. The Kier molecular flexibility index (Phi) is 4.44. The number of hydrogen-bond acceptors (Lipinski definition) is 4. The maximum absolute atomic E-state index is 12.9. The van der Waals surface area contributed by atoms with E-state index in [2.05, 4.69) is 4.98 Å². The van der Waals surface area contributed by atoms with Crippen molar-refractivity contribution >= 4 is 23.0 Å². The highest BCUT2D eigenvalue weighted by atomic mass is 32.1. The fourth-order valence-electron chi connectivity index (χ4n) is 2.21. The van der Waals surface area contributed by atoms with Gasteiger partial charge in [-0.1, -0.05) is 12.2 Å². The van der Waals surface area contributed by atoms with Crippen LogP contribution in [0, 0.1) is 0 Å². The lowest BCUT2D eigenvalue weighted by molar-refractivity contribution is -0.137. The molecule has 0 radical (unpaired) electrons. The van der Waals surface area contributed by atoms with E-state index in [1.165, 1.54) is 12.3 Å². The van der Waals surface area contributed by atoms with E-state index >= 15 is 0 Å². The van der Waals surface area contributed by atoms with Gasteiger partial charge in [-0.3, -0.25) is 4.90 Å². The van der Waals surface area contributed by atoms with Gasteiger partial charge in [-0.2, -0.15) is 13.2 Å². The molecule has 1 aliphatic heterocycles. The molecule has 0 unspecified atom stereocenters. The van der Waals surface area contributed by atoms with Gasteiger partial charge in [0.2, 0.25) is 0 Å². The molecular formula is C12H15F3N4S. The highest BCUT2D eigenvalue weighted by Gasteiger charge is 2.36. The van der Waals surface area contributed by atoms with Crippen molar-refractivity contribution in [2.24, 2.45) is 5.73 Å². The van der Waals surface area contributed by atoms with Crippen LogP contribution >= 0.6 is 12.2 Å². The summed E-state index contributed by atoms with van der Waals surface area (Å²) in [6.45, 7) is 2.68. The van der Waals surface area contributed by atoms with E-state index in [9.17, 15) is 13.2 Å². The number of nitrogens with two attached hydrogens (primary N) is 1. The van der Waals surface area contributed by atoms with Gasteiger partial charge in [-0.05, 0) is 12.1 Å². The normalized spacial score (nSPS) is 17.2. The molecule has 1 aromatic rings. The smallest absolute Gasteiger partial charge is 0.392 e. The summed E-state index contributed by atoms with van der Waals surface area (Å²) in [6, 6.07) is 2.36. The van der Waals surface area contributed by atoms with Gasteiger partial charge >= 0.3 is 6.18 Å². The van der Waals surface area contributed by atoms with E-state index in [0.717, 1.165) is 6.07 Å². The third kappa shape index (κ3) is 3.57. The van der Waals surface area contributed by atoms with Crippen LogP contribution in [0.3, 0.4) is 0 Å². The van der Waals surface area contributed by atoms with Crippen molar-refractivity contribution in [3.8, 4) is 0 Å². The molecule has 2 N–H and O–H groups in total. The molecule has 1 aromatic heterocycles. The molecular weight excluding hydrogens is 289 g/mol. The van der Waals surface area contributed by atoms with Crippen LogP contribution in [0.2, 0.25) is 0 Å². The average Bonchev–Trinajstić information content (AvgIpc) is 2.38. The summed E-state index contributed by atoms with van der Waals surface area (Å²) >= 11 is 4.83. The molecule has 4 nitrogen and oxygen atoms in total. The van der Waals surface area contributed by atoms with Crippen molar-refractivity contribution in [3.63, 3.8) is 0 Å². The molecule has 110 valence electrons. The largest absolute Gasteiger partial charge is 0.419 e. The van der Waals surface area contributed by atoms with Crippen LogP contribution in [0.15, 0.2) is 18.3 Å². The monoisotopic (exact) mass is 304 g/mol. The number of aromatic nitrogens is 1. The predicted molar refractivity (Wildman–Crippen MR) is 74.7 cm³/mol. The first-order valence-corrected chi connectivity index (χ1v) is 6.56. The molecule has 0 saturated carbocycles. The number of piperazine rings is 1. The lowest BCUT2D eigenvalue weighted by atomic mass is 10.2. The number of hydrogen-bond donors (Lipinski definition) is 1. The van der Waals surface area contributed by atoms with Gasteiger partial charge in [0, 0.05) is 38.9 Å². The third-order valence-electron chi connectivity index (χ3n) is 3.14. The van der Waals surface area contributed by atoms with Crippen molar-refractivity contribution in [2.45, 2.75) is 6.18 Å². The summed E-state index contributed by atoms with van der Waals surface area (Å²) in [5, 5.41) is 0. The van der Waals surface area contributed by atoms with Crippen LogP contribution in [0.4, 0.5) is 19.0 Å². The summed E-state index contributed by atoms with van der Waals surface area (Å²) < 4.78 is 38.8. The minimum Gasteiger partial charge on any atom is -0.392 e. The number of anilines is 1. The summed E-state index contributed by atoms with van der Waals surface area (Å²) in [5.41, 5.74) is 4.77. The molecule has 0 amide bonds. The van der Waals surface area contributed by atoms with Gasteiger partial charge in [0.1, 0.15) is 5.82 Å². The number of alkyl halides is 3. The average molecular weight is 304 g/mol. The first-order chi connectivity index (χ1) is 9.38. The third-order valence-corrected chi connectivity index (χ3v) is 3.27. The molecule has 0 spiro atoms. The van der Waals surface area contributed by atoms with Crippen molar-refractivity contribution in [1.29, 1.82) is 0 Å².